The molecular formula is C18H20ClN5OS. The molecule has 1 aromatic carbocycles. The molecule has 26 heavy (non-hydrogen) atoms. The van der Waals surface area contributed by atoms with Crippen LogP contribution in [0, 0.1) is 6.92 Å². The third kappa shape index (κ3) is 3.64. The Morgan fingerprint density at radius 3 is 2.81 bits per heavy atom. The van der Waals surface area contributed by atoms with Crippen molar-refractivity contribution in [2.24, 2.45) is 0 Å². The predicted octanol–water partition coefficient (Wildman–Crippen LogP) is 5.09. The molecule has 0 aliphatic heterocycles. The fourth-order valence-electron chi connectivity index (χ4n) is 3.39. The van der Waals surface area contributed by atoms with E-state index in [-0.39, 0.29) is 0 Å². The molecule has 2 heterocycles. The van der Waals surface area contributed by atoms with Gasteiger partial charge in [-0.25, -0.2) is 0 Å². The maximum atomic E-state index is 6.20. The van der Waals surface area contributed by atoms with E-state index < -0.39 is 0 Å². The number of aromatic nitrogens is 5. The van der Waals surface area contributed by atoms with E-state index in [1.165, 1.54) is 32.1 Å². The summed E-state index contributed by atoms with van der Waals surface area (Å²) in [6.45, 7) is 2.02. The van der Waals surface area contributed by atoms with Gasteiger partial charge in [-0.15, -0.1) is 10.2 Å². The van der Waals surface area contributed by atoms with Crippen LogP contribution < -0.4 is 0 Å². The van der Waals surface area contributed by atoms with E-state index in [4.69, 9.17) is 16.1 Å². The molecule has 3 aromatic rings. The van der Waals surface area contributed by atoms with Gasteiger partial charge in [-0.2, -0.15) is 4.98 Å². The number of aryl methyl sites for hydroxylation is 1. The summed E-state index contributed by atoms with van der Waals surface area (Å²) in [6, 6.07) is 7.96. The van der Waals surface area contributed by atoms with E-state index >= 15 is 0 Å². The van der Waals surface area contributed by atoms with Gasteiger partial charge in [0, 0.05) is 6.04 Å². The van der Waals surface area contributed by atoms with Crippen LogP contribution in [0.4, 0.5) is 0 Å². The van der Waals surface area contributed by atoms with Gasteiger partial charge < -0.3 is 9.09 Å². The third-order valence-corrected chi connectivity index (χ3v) is 5.95. The number of rotatable bonds is 5. The molecule has 1 aliphatic carbocycles. The molecule has 0 saturated heterocycles. The summed E-state index contributed by atoms with van der Waals surface area (Å²) >= 11 is 7.79. The van der Waals surface area contributed by atoms with E-state index in [2.05, 4.69) is 24.9 Å². The van der Waals surface area contributed by atoms with E-state index in [0.717, 1.165) is 16.5 Å². The zero-order valence-corrected chi connectivity index (χ0v) is 16.1. The number of hydrogen-bond acceptors (Lipinski definition) is 6. The Labute approximate surface area is 161 Å². The molecule has 0 unspecified atom stereocenters. The highest BCUT2D eigenvalue weighted by atomic mass is 35.5. The van der Waals surface area contributed by atoms with Crippen molar-refractivity contribution in [3.05, 3.63) is 40.9 Å². The minimum atomic E-state index is 0.441. The molecule has 1 fully saturated rings. The molecule has 2 aromatic heterocycles. The van der Waals surface area contributed by atoms with Gasteiger partial charge in [-0.3, -0.25) is 0 Å². The normalized spacial score (nSPS) is 15.5. The Hall–Kier alpha value is -1.86. The van der Waals surface area contributed by atoms with Crippen LogP contribution in [-0.2, 0) is 5.75 Å². The first-order valence-corrected chi connectivity index (χ1v) is 10.2. The zero-order valence-electron chi connectivity index (χ0n) is 14.6. The number of benzene rings is 1. The highest BCUT2D eigenvalue weighted by Crippen LogP contribution is 2.33. The van der Waals surface area contributed by atoms with Gasteiger partial charge in [0.15, 0.2) is 11.0 Å². The van der Waals surface area contributed by atoms with Gasteiger partial charge in [0.2, 0.25) is 0 Å². The van der Waals surface area contributed by atoms with Crippen molar-refractivity contribution in [3.8, 4) is 11.5 Å². The monoisotopic (exact) mass is 389 g/mol. The maximum Gasteiger partial charge on any atom is 0.259 e. The van der Waals surface area contributed by atoms with Gasteiger partial charge in [-0.1, -0.05) is 59.9 Å². The largest absolute Gasteiger partial charge is 0.334 e. The lowest BCUT2D eigenvalue weighted by Gasteiger charge is -2.24. The molecule has 1 saturated carbocycles. The van der Waals surface area contributed by atoms with Gasteiger partial charge in [0.25, 0.3) is 5.89 Å². The standard InChI is InChI=1S/C18H20ClN5OS/c1-12-21-22-18(24(12)13-7-3-2-4-8-13)26-11-16-20-17(25-23-16)14-9-5-6-10-15(14)19/h5-6,9-10,13H,2-4,7-8,11H2,1H3. The topological polar surface area (TPSA) is 69.6 Å². The first-order chi connectivity index (χ1) is 12.7. The third-order valence-electron chi connectivity index (χ3n) is 4.68. The number of nitrogens with zero attached hydrogens (tertiary/aromatic N) is 5. The Kier molecular flexibility index (Phi) is 5.26. The molecule has 0 bridgehead atoms. The second-order valence-corrected chi connectivity index (χ2v) is 7.83. The molecular weight excluding hydrogens is 370 g/mol. The SMILES string of the molecule is Cc1nnc(SCc2noc(-c3ccccc3Cl)n2)n1C1CCCCC1. The molecule has 0 amide bonds. The zero-order chi connectivity index (χ0) is 17.9. The van der Waals surface area contributed by atoms with Crippen molar-refractivity contribution in [2.75, 3.05) is 0 Å². The summed E-state index contributed by atoms with van der Waals surface area (Å²) in [5.74, 6) is 2.62. The molecule has 0 radical (unpaired) electrons. The van der Waals surface area contributed by atoms with Crippen molar-refractivity contribution >= 4 is 23.4 Å². The van der Waals surface area contributed by atoms with Crippen molar-refractivity contribution in [3.63, 3.8) is 0 Å². The summed E-state index contributed by atoms with van der Waals surface area (Å²) in [5.41, 5.74) is 0.749. The summed E-state index contributed by atoms with van der Waals surface area (Å²) in [7, 11) is 0. The lowest BCUT2D eigenvalue weighted by molar-refractivity contribution is 0.332. The van der Waals surface area contributed by atoms with Crippen LogP contribution in [0.3, 0.4) is 0 Å². The second kappa shape index (κ2) is 7.80. The Bertz CT molecular complexity index is 887. The fourth-order valence-corrected chi connectivity index (χ4v) is 4.50. The first-order valence-electron chi connectivity index (χ1n) is 8.84. The molecule has 1 aliphatic rings. The van der Waals surface area contributed by atoms with Crippen LogP contribution in [0.15, 0.2) is 33.9 Å². The van der Waals surface area contributed by atoms with Crippen LogP contribution in [0.5, 0.6) is 0 Å². The molecule has 0 atom stereocenters. The van der Waals surface area contributed by atoms with Gasteiger partial charge in [-0.05, 0) is 31.9 Å². The molecule has 0 spiro atoms. The quantitative estimate of drug-likeness (QED) is 0.566. The summed E-state index contributed by atoms with van der Waals surface area (Å²) in [4.78, 5) is 4.46. The van der Waals surface area contributed by atoms with E-state index in [1.807, 2.05) is 31.2 Å². The van der Waals surface area contributed by atoms with Crippen LogP contribution in [-0.4, -0.2) is 24.9 Å². The van der Waals surface area contributed by atoms with Crippen molar-refractivity contribution in [1.82, 2.24) is 24.9 Å². The van der Waals surface area contributed by atoms with Crippen LogP contribution in [0.2, 0.25) is 5.02 Å². The molecule has 6 nitrogen and oxygen atoms in total. The van der Waals surface area contributed by atoms with Crippen molar-refractivity contribution in [1.29, 1.82) is 0 Å². The number of hydrogen-bond donors (Lipinski definition) is 0. The first kappa shape index (κ1) is 17.5. The second-order valence-electron chi connectivity index (χ2n) is 6.48. The van der Waals surface area contributed by atoms with Crippen molar-refractivity contribution < 1.29 is 4.52 Å². The minimum absolute atomic E-state index is 0.441. The average molecular weight is 390 g/mol. The van der Waals surface area contributed by atoms with Crippen LogP contribution >= 0.6 is 23.4 Å². The van der Waals surface area contributed by atoms with E-state index in [0.29, 0.717) is 28.5 Å². The van der Waals surface area contributed by atoms with Crippen molar-refractivity contribution in [2.45, 2.75) is 56.0 Å². The van der Waals surface area contributed by atoms with Gasteiger partial charge in [0.05, 0.1) is 16.3 Å². The molecule has 0 N–H and O–H groups in total. The van der Waals surface area contributed by atoms with Gasteiger partial charge >= 0.3 is 0 Å². The Morgan fingerprint density at radius 1 is 1.19 bits per heavy atom. The van der Waals surface area contributed by atoms with Crippen LogP contribution in [0.1, 0.15) is 49.8 Å². The lowest BCUT2D eigenvalue weighted by atomic mass is 9.95. The Balaban J connectivity index is 1.48. The number of halogens is 1. The maximum absolute atomic E-state index is 6.20. The smallest absolute Gasteiger partial charge is 0.259 e. The summed E-state index contributed by atoms with van der Waals surface area (Å²) in [6.07, 6.45) is 6.28. The number of thioether (sulfide) groups is 1. The molecule has 136 valence electrons. The summed E-state index contributed by atoms with van der Waals surface area (Å²) in [5, 5.41) is 14.2. The highest BCUT2D eigenvalue weighted by molar-refractivity contribution is 7.98. The summed E-state index contributed by atoms with van der Waals surface area (Å²) < 4.78 is 7.65. The molecule has 8 heteroatoms. The van der Waals surface area contributed by atoms with E-state index in [9.17, 15) is 0 Å². The van der Waals surface area contributed by atoms with Crippen LogP contribution in [0.25, 0.3) is 11.5 Å². The Morgan fingerprint density at radius 2 is 2.00 bits per heavy atom. The van der Waals surface area contributed by atoms with Gasteiger partial charge in [0.1, 0.15) is 5.82 Å². The predicted molar refractivity (Wildman–Crippen MR) is 101 cm³/mol. The highest BCUT2D eigenvalue weighted by Gasteiger charge is 2.22. The molecule has 4 rings (SSSR count). The minimum Gasteiger partial charge on any atom is -0.334 e. The average Bonchev–Trinajstić information content (AvgIpc) is 3.28. The fraction of sp³-hybridized carbons (Fsp3) is 0.444. The van der Waals surface area contributed by atoms with E-state index in [1.54, 1.807) is 11.8 Å². The lowest BCUT2D eigenvalue weighted by Crippen LogP contribution is -2.15.